The monoisotopic (exact) mass is 379 g/mol. The minimum Gasteiger partial charge on any atom is -0.465 e. The Kier molecular flexibility index (Phi) is 4.51. The van der Waals surface area contributed by atoms with Crippen LogP contribution in [0.1, 0.15) is 34.8 Å². The molecule has 0 saturated heterocycles. The number of nitrogens with zero attached hydrogens (tertiary/aromatic N) is 1. The second-order valence-corrected chi connectivity index (χ2v) is 7.09. The molecule has 1 amide bonds. The van der Waals surface area contributed by atoms with Gasteiger partial charge in [-0.05, 0) is 31.4 Å². The second kappa shape index (κ2) is 6.87. The number of anilines is 1. The van der Waals surface area contributed by atoms with Crippen LogP contribution in [-0.2, 0) is 26.3 Å². The molecular formula is C22H21NO5. The molecule has 1 aliphatic heterocycles. The smallest absolute Gasteiger partial charge is 0.326 e. The average Bonchev–Trinajstić information content (AvgIpc) is 2.91. The maximum atomic E-state index is 13.3. The molecule has 0 spiro atoms. The molecule has 1 N–H and O–H groups in total. The summed E-state index contributed by atoms with van der Waals surface area (Å²) in [5.41, 5.74) is 0.278. The first-order valence-corrected chi connectivity index (χ1v) is 9.40. The fraction of sp³-hybridized carbons (Fsp3) is 0.318. The number of carbonyl (C=O) groups excluding carboxylic acids is 3. The molecule has 2 aliphatic rings. The van der Waals surface area contributed by atoms with Crippen LogP contribution in [0.2, 0.25) is 0 Å². The van der Waals surface area contributed by atoms with E-state index in [1.807, 2.05) is 12.1 Å². The van der Waals surface area contributed by atoms with E-state index < -0.39 is 23.4 Å². The van der Waals surface area contributed by atoms with E-state index in [1.54, 1.807) is 43.3 Å². The van der Waals surface area contributed by atoms with Gasteiger partial charge in [-0.25, -0.2) is 0 Å². The van der Waals surface area contributed by atoms with Crippen LogP contribution < -0.4 is 4.90 Å². The third-order valence-corrected chi connectivity index (χ3v) is 5.58. The quantitative estimate of drug-likeness (QED) is 0.824. The zero-order valence-electron chi connectivity index (χ0n) is 15.6. The summed E-state index contributed by atoms with van der Waals surface area (Å²) in [6.07, 6.45) is 0.960. The third-order valence-electron chi connectivity index (χ3n) is 5.58. The number of hydrogen-bond donors (Lipinski definition) is 1. The van der Waals surface area contributed by atoms with E-state index in [0.717, 1.165) is 5.56 Å². The molecule has 2 aromatic carbocycles. The Morgan fingerprint density at radius 2 is 1.89 bits per heavy atom. The summed E-state index contributed by atoms with van der Waals surface area (Å²) >= 11 is 0. The van der Waals surface area contributed by atoms with E-state index in [9.17, 15) is 19.5 Å². The number of aryl methyl sites for hydroxylation is 1. The Bertz CT molecular complexity index is 969. The predicted octanol–water partition coefficient (Wildman–Crippen LogP) is 2.23. The molecule has 144 valence electrons. The van der Waals surface area contributed by atoms with Crippen molar-refractivity contribution in [2.45, 2.75) is 25.4 Å². The van der Waals surface area contributed by atoms with Crippen molar-refractivity contribution in [3.8, 4) is 0 Å². The number of amides is 1. The highest BCUT2D eigenvalue weighted by Crippen LogP contribution is 2.48. The van der Waals surface area contributed by atoms with E-state index in [-0.39, 0.29) is 18.9 Å². The normalized spacial score (nSPS) is 23.4. The van der Waals surface area contributed by atoms with Gasteiger partial charge >= 0.3 is 5.97 Å². The Morgan fingerprint density at radius 1 is 1.18 bits per heavy atom. The first-order chi connectivity index (χ1) is 13.5. The highest BCUT2D eigenvalue weighted by molar-refractivity contribution is 6.13. The molecule has 0 saturated carbocycles. The molecule has 0 aromatic heterocycles. The van der Waals surface area contributed by atoms with Crippen LogP contribution in [0.4, 0.5) is 5.69 Å². The highest BCUT2D eigenvalue weighted by Gasteiger charge is 2.57. The number of hydrogen-bond acceptors (Lipinski definition) is 5. The lowest BCUT2D eigenvalue weighted by atomic mass is 9.71. The van der Waals surface area contributed by atoms with E-state index in [0.29, 0.717) is 29.7 Å². The molecule has 2 aromatic rings. The average molecular weight is 379 g/mol. The van der Waals surface area contributed by atoms with Crippen molar-refractivity contribution >= 4 is 23.3 Å². The summed E-state index contributed by atoms with van der Waals surface area (Å²) in [5.74, 6) is -2.36. The second-order valence-electron chi connectivity index (χ2n) is 7.09. The van der Waals surface area contributed by atoms with Crippen LogP contribution in [0.15, 0.2) is 48.5 Å². The van der Waals surface area contributed by atoms with E-state index in [1.165, 1.54) is 4.90 Å². The van der Waals surface area contributed by atoms with Crippen molar-refractivity contribution in [3.05, 3.63) is 65.2 Å². The van der Waals surface area contributed by atoms with Gasteiger partial charge in [0.25, 0.3) is 5.91 Å². The van der Waals surface area contributed by atoms with E-state index in [4.69, 9.17) is 4.74 Å². The van der Waals surface area contributed by atoms with Gasteiger partial charge < -0.3 is 9.84 Å². The molecule has 2 atom stereocenters. The molecule has 1 heterocycles. The van der Waals surface area contributed by atoms with Crippen LogP contribution in [-0.4, -0.2) is 35.9 Å². The number of carbonyl (C=O) groups is 3. The molecule has 1 aliphatic carbocycles. The first-order valence-electron chi connectivity index (χ1n) is 9.40. The number of rotatable bonds is 4. The number of para-hydroxylation sites is 1. The molecule has 0 unspecified atom stereocenters. The SMILES string of the molecule is CCOC(=O)CN1C(=O)[C@@](O)([C@@H]2CCc3ccccc3C2=O)c2ccccc21. The summed E-state index contributed by atoms with van der Waals surface area (Å²) in [4.78, 5) is 39.7. The summed E-state index contributed by atoms with van der Waals surface area (Å²) in [5, 5.41) is 11.6. The number of Topliss-reactive ketones (excluding diaryl/α,β-unsaturated/α-hetero) is 1. The molecular weight excluding hydrogens is 358 g/mol. The van der Waals surface area contributed by atoms with Gasteiger partial charge in [0.05, 0.1) is 18.2 Å². The van der Waals surface area contributed by atoms with Gasteiger partial charge in [-0.3, -0.25) is 19.3 Å². The molecule has 28 heavy (non-hydrogen) atoms. The number of aliphatic hydroxyl groups is 1. The maximum absolute atomic E-state index is 13.3. The highest BCUT2D eigenvalue weighted by atomic mass is 16.5. The van der Waals surface area contributed by atoms with Crippen molar-refractivity contribution in [1.82, 2.24) is 0 Å². The predicted molar refractivity (Wildman–Crippen MR) is 102 cm³/mol. The molecule has 6 nitrogen and oxygen atoms in total. The topological polar surface area (TPSA) is 83.9 Å². The summed E-state index contributed by atoms with van der Waals surface area (Å²) < 4.78 is 4.97. The Morgan fingerprint density at radius 3 is 2.68 bits per heavy atom. The molecule has 4 rings (SSSR count). The van der Waals surface area contributed by atoms with Crippen LogP contribution in [0.3, 0.4) is 0 Å². The lowest BCUT2D eigenvalue weighted by molar-refractivity contribution is -0.146. The number of benzene rings is 2. The molecule has 0 fully saturated rings. The van der Waals surface area contributed by atoms with Gasteiger partial charge in [-0.1, -0.05) is 42.5 Å². The minimum atomic E-state index is -1.99. The number of ketones is 1. The van der Waals surface area contributed by atoms with Gasteiger partial charge in [-0.2, -0.15) is 0 Å². The van der Waals surface area contributed by atoms with Crippen molar-refractivity contribution in [3.63, 3.8) is 0 Å². The largest absolute Gasteiger partial charge is 0.465 e. The van der Waals surface area contributed by atoms with Gasteiger partial charge in [0.1, 0.15) is 6.54 Å². The molecule has 0 bridgehead atoms. The van der Waals surface area contributed by atoms with Crippen LogP contribution >= 0.6 is 0 Å². The Balaban J connectivity index is 1.76. The van der Waals surface area contributed by atoms with Gasteiger partial charge in [0.2, 0.25) is 0 Å². The van der Waals surface area contributed by atoms with Crippen LogP contribution in [0.25, 0.3) is 0 Å². The first kappa shape index (κ1) is 18.4. The van der Waals surface area contributed by atoms with Gasteiger partial charge in [0.15, 0.2) is 11.4 Å². The standard InChI is InChI=1S/C22H21NO5/c1-2-28-19(24)13-23-18-10-6-5-9-16(18)22(27,21(23)26)17-12-11-14-7-3-4-8-15(14)20(17)25/h3-10,17,27H,2,11-13H2,1H3/t17-,22+/m1/s1. The fourth-order valence-electron chi connectivity index (χ4n) is 4.29. The van der Waals surface area contributed by atoms with Gasteiger partial charge in [-0.15, -0.1) is 0 Å². The number of esters is 1. The van der Waals surface area contributed by atoms with E-state index >= 15 is 0 Å². The van der Waals surface area contributed by atoms with E-state index in [2.05, 4.69) is 0 Å². The lowest BCUT2D eigenvalue weighted by Gasteiger charge is -2.34. The van der Waals surface area contributed by atoms with Crippen molar-refractivity contribution in [1.29, 1.82) is 0 Å². The summed E-state index contributed by atoms with van der Waals surface area (Å²) in [7, 11) is 0. The van der Waals surface area contributed by atoms with Crippen LogP contribution in [0, 0.1) is 5.92 Å². The zero-order valence-corrected chi connectivity index (χ0v) is 15.6. The molecule has 0 radical (unpaired) electrons. The maximum Gasteiger partial charge on any atom is 0.326 e. The third kappa shape index (κ3) is 2.64. The van der Waals surface area contributed by atoms with Crippen molar-refractivity contribution in [2.24, 2.45) is 5.92 Å². The lowest BCUT2D eigenvalue weighted by Crippen LogP contribution is -2.50. The number of fused-ring (bicyclic) bond motifs is 2. The van der Waals surface area contributed by atoms with Crippen molar-refractivity contribution in [2.75, 3.05) is 18.1 Å². The van der Waals surface area contributed by atoms with Gasteiger partial charge in [0, 0.05) is 11.1 Å². The zero-order chi connectivity index (χ0) is 19.9. The van der Waals surface area contributed by atoms with Crippen LogP contribution in [0.5, 0.6) is 0 Å². The summed E-state index contributed by atoms with van der Waals surface area (Å²) in [6.45, 7) is 1.58. The summed E-state index contributed by atoms with van der Waals surface area (Å²) in [6, 6.07) is 14.0. The minimum absolute atomic E-state index is 0.199. The van der Waals surface area contributed by atoms with Crippen molar-refractivity contribution < 1.29 is 24.2 Å². The Hall–Kier alpha value is -2.99. The fourth-order valence-corrected chi connectivity index (χ4v) is 4.29. The Labute approximate surface area is 162 Å². The molecule has 6 heteroatoms. The number of ether oxygens (including phenoxy) is 1.